The van der Waals surface area contributed by atoms with E-state index in [9.17, 15) is 14.0 Å². The van der Waals surface area contributed by atoms with Crippen LogP contribution in [0.4, 0.5) is 10.1 Å². The second-order valence-electron chi connectivity index (χ2n) is 6.44. The molecule has 0 saturated carbocycles. The zero-order valence-electron chi connectivity index (χ0n) is 15.8. The lowest BCUT2D eigenvalue weighted by molar-refractivity contribution is -0.121. The predicted molar refractivity (Wildman–Crippen MR) is 107 cm³/mol. The minimum atomic E-state index is -0.449. The van der Waals surface area contributed by atoms with Crippen LogP contribution in [0.25, 0.3) is 0 Å². The smallest absolute Gasteiger partial charge is 0.238 e. The number of nitrogens with one attached hydrogen (secondary N) is 2. The summed E-state index contributed by atoms with van der Waals surface area (Å²) in [6.07, 6.45) is 0.132. The minimum absolute atomic E-state index is 0.109. The highest BCUT2D eigenvalue weighted by molar-refractivity contribution is 6.32. The van der Waals surface area contributed by atoms with Crippen LogP contribution in [0.15, 0.2) is 42.5 Å². The average Bonchev–Trinajstić information content (AvgIpc) is 2.61. The quantitative estimate of drug-likeness (QED) is 0.670. The summed E-state index contributed by atoms with van der Waals surface area (Å²) >= 11 is 5.87. The fourth-order valence-electron chi connectivity index (χ4n) is 2.38. The topological polar surface area (TPSA) is 70.7 Å². The number of carbonyl (C=O) groups is 2. The highest BCUT2D eigenvalue weighted by Crippen LogP contribution is 2.24. The van der Waals surface area contributed by atoms with Crippen molar-refractivity contribution in [1.29, 1.82) is 0 Å². The van der Waals surface area contributed by atoms with E-state index in [0.29, 0.717) is 24.5 Å². The molecular weight excluding hydrogens is 385 g/mol. The third-order valence-corrected chi connectivity index (χ3v) is 3.94. The van der Waals surface area contributed by atoms with E-state index in [0.717, 1.165) is 11.6 Å². The first-order valence-corrected chi connectivity index (χ1v) is 9.09. The average molecular weight is 408 g/mol. The molecule has 0 fully saturated rings. The first-order valence-electron chi connectivity index (χ1n) is 8.71. The molecule has 2 rings (SSSR count). The van der Waals surface area contributed by atoms with Crippen molar-refractivity contribution in [1.82, 2.24) is 10.2 Å². The molecule has 2 aromatic rings. The molecule has 0 aromatic heterocycles. The Balaban J connectivity index is 1.76. The molecule has 0 aliphatic carbocycles. The Hall–Kier alpha value is -2.64. The van der Waals surface area contributed by atoms with Crippen LogP contribution in [0, 0.1) is 5.82 Å². The molecule has 0 atom stereocenters. The van der Waals surface area contributed by atoms with Crippen molar-refractivity contribution in [2.24, 2.45) is 0 Å². The molecule has 2 aromatic carbocycles. The van der Waals surface area contributed by atoms with E-state index < -0.39 is 5.82 Å². The van der Waals surface area contributed by atoms with E-state index in [2.05, 4.69) is 10.6 Å². The summed E-state index contributed by atoms with van der Waals surface area (Å²) < 4.78 is 18.4. The van der Waals surface area contributed by atoms with Gasteiger partial charge in [0.05, 0.1) is 24.6 Å². The van der Waals surface area contributed by atoms with Crippen LogP contribution in [-0.4, -0.2) is 44.0 Å². The van der Waals surface area contributed by atoms with Crippen LogP contribution >= 0.6 is 11.6 Å². The molecule has 0 saturated heterocycles. The maximum absolute atomic E-state index is 13.0. The molecule has 0 aliphatic rings. The van der Waals surface area contributed by atoms with Crippen LogP contribution in [-0.2, 0) is 16.1 Å². The molecule has 28 heavy (non-hydrogen) atoms. The number of halogens is 2. The molecule has 8 heteroatoms. The van der Waals surface area contributed by atoms with Crippen molar-refractivity contribution in [2.45, 2.75) is 13.0 Å². The maximum atomic E-state index is 13.0. The van der Waals surface area contributed by atoms with Gasteiger partial charge in [0.1, 0.15) is 11.6 Å². The van der Waals surface area contributed by atoms with E-state index in [1.54, 1.807) is 11.0 Å². The molecule has 0 aliphatic heterocycles. The second-order valence-corrected chi connectivity index (χ2v) is 6.84. The molecule has 0 radical (unpaired) electrons. The molecule has 0 spiro atoms. The van der Waals surface area contributed by atoms with Crippen molar-refractivity contribution in [3.8, 4) is 5.75 Å². The van der Waals surface area contributed by atoms with Gasteiger partial charge in [0, 0.05) is 12.2 Å². The van der Waals surface area contributed by atoms with E-state index in [-0.39, 0.29) is 29.9 Å². The number of benzene rings is 2. The fourth-order valence-corrected chi connectivity index (χ4v) is 2.60. The Morgan fingerprint density at radius 1 is 1.14 bits per heavy atom. The number of hydrogen-bond acceptors (Lipinski definition) is 4. The van der Waals surface area contributed by atoms with Gasteiger partial charge in [-0.2, -0.15) is 0 Å². The Bertz CT molecular complexity index is 830. The Kier molecular flexibility index (Phi) is 8.22. The number of carbonyl (C=O) groups excluding carboxylic acids is 2. The van der Waals surface area contributed by atoms with Crippen molar-refractivity contribution in [2.75, 3.05) is 32.6 Å². The molecule has 2 amide bonds. The monoisotopic (exact) mass is 407 g/mol. The molecular formula is C20H23ClFN3O3. The first-order chi connectivity index (χ1) is 13.3. The van der Waals surface area contributed by atoms with Crippen LogP contribution in [0.5, 0.6) is 5.75 Å². The molecule has 6 nitrogen and oxygen atoms in total. The lowest BCUT2D eigenvalue weighted by Gasteiger charge is -2.11. The Morgan fingerprint density at radius 2 is 1.93 bits per heavy atom. The van der Waals surface area contributed by atoms with Gasteiger partial charge in [0.2, 0.25) is 11.8 Å². The van der Waals surface area contributed by atoms with Crippen molar-refractivity contribution < 1.29 is 18.7 Å². The maximum Gasteiger partial charge on any atom is 0.238 e. The summed E-state index contributed by atoms with van der Waals surface area (Å²) in [4.78, 5) is 25.6. The minimum Gasteiger partial charge on any atom is -0.491 e. The predicted octanol–water partition coefficient (Wildman–Crippen LogP) is 3.06. The van der Waals surface area contributed by atoms with E-state index in [1.165, 1.54) is 12.1 Å². The number of amides is 2. The van der Waals surface area contributed by atoms with Gasteiger partial charge in [-0.05, 0) is 50.0 Å². The van der Waals surface area contributed by atoms with Crippen LogP contribution in [0.2, 0.25) is 5.02 Å². The molecule has 0 heterocycles. The highest BCUT2D eigenvalue weighted by Gasteiger charge is 2.07. The van der Waals surface area contributed by atoms with Gasteiger partial charge in [-0.25, -0.2) is 4.39 Å². The van der Waals surface area contributed by atoms with Crippen molar-refractivity contribution in [3.05, 3.63) is 58.9 Å². The van der Waals surface area contributed by atoms with Gasteiger partial charge in [0.25, 0.3) is 0 Å². The number of likely N-dealkylation sites (N-methyl/N-ethyl adjacent to an activating group) is 1. The summed E-state index contributed by atoms with van der Waals surface area (Å²) in [5.74, 6) is -0.421. The number of hydrogen-bond donors (Lipinski definition) is 2. The standard InChI is InChI=1S/C20H23ClFN3O3/c1-25(2)13-20(27)24-16-5-3-4-14(10-16)12-23-19(26)8-9-28-18-7-6-15(22)11-17(18)21/h3-7,10-11H,8-9,12-13H2,1-2H3,(H,23,26)(H,24,27). The second kappa shape index (κ2) is 10.6. The fraction of sp³-hybridized carbons (Fsp3) is 0.300. The zero-order chi connectivity index (χ0) is 20.5. The highest BCUT2D eigenvalue weighted by atomic mass is 35.5. The van der Waals surface area contributed by atoms with Crippen LogP contribution < -0.4 is 15.4 Å². The molecule has 150 valence electrons. The number of rotatable bonds is 9. The third-order valence-electron chi connectivity index (χ3n) is 3.64. The lowest BCUT2D eigenvalue weighted by atomic mass is 10.2. The largest absolute Gasteiger partial charge is 0.491 e. The van der Waals surface area contributed by atoms with Gasteiger partial charge in [-0.15, -0.1) is 0 Å². The Labute approximate surface area is 168 Å². The Morgan fingerprint density at radius 3 is 2.64 bits per heavy atom. The van der Waals surface area contributed by atoms with Gasteiger partial charge in [0.15, 0.2) is 0 Å². The van der Waals surface area contributed by atoms with E-state index >= 15 is 0 Å². The summed E-state index contributed by atoms with van der Waals surface area (Å²) in [5, 5.41) is 5.76. The number of anilines is 1. The normalized spacial score (nSPS) is 10.6. The number of ether oxygens (including phenoxy) is 1. The van der Waals surface area contributed by atoms with E-state index in [1.807, 2.05) is 32.3 Å². The molecule has 0 unspecified atom stereocenters. The zero-order valence-corrected chi connectivity index (χ0v) is 16.6. The third kappa shape index (κ3) is 7.54. The summed E-state index contributed by atoms with van der Waals surface area (Å²) in [6.45, 7) is 0.740. The number of nitrogens with zero attached hydrogens (tertiary/aromatic N) is 1. The van der Waals surface area contributed by atoms with Crippen LogP contribution in [0.3, 0.4) is 0 Å². The SMILES string of the molecule is CN(C)CC(=O)Nc1cccc(CNC(=O)CCOc2ccc(F)cc2Cl)c1. The van der Waals surface area contributed by atoms with E-state index in [4.69, 9.17) is 16.3 Å². The molecule has 2 N–H and O–H groups in total. The lowest BCUT2D eigenvalue weighted by Crippen LogP contribution is -2.27. The van der Waals surface area contributed by atoms with Gasteiger partial charge in [-0.1, -0.05) is 23.7 Å². The van der Waals surface area contributed by atoms with Gasteiger partial charge in [-0.3, -0.25) is 9.59 Å². The first kappa shape index (κ1) is 21.7. The van der Waals surface area contributed by atoms with Gasteiger partial charge >= 0.3 is 0 Å². The van der Waals surface area contributed by atoms with Crippen LogP contribution in [0.1, 0.15) is 12.0 Å². The summed E-state index contributed by atoms with van der Waals surface area (Å²) in [5.41, 5.74) is 1.53. The van der Waals surface area contributed by atoms with Crippen molar-refractivity contribution >= 4 is 29.1 Å². The summed E-state index contributed by atoms with van der Waals surface area (Å²) in [6, 6.07) is 11.1. The van der Waals surface area contributed by atoms with Gasteiger partial charge < -0.3 is 20.3 Å². The molecule has 0 bridgehead atoms. The van der Waals surface area contributed by atoms with Crippen molar-refractivity contribution in [3.63, 3.8) is 0 Å². The summed E-state index contributed by atoms with van der Waals surface area (Å²) in [7, 11) is 3.64.